The van der Waals surface area contributed by atoms with Crippen LogP contribution in [0.25, 0.3) is 11.1 Å². The summed E-state index contributed by atoms with van der Waals surface area (Å²) in [6.07, 6.45) is 0. The van der Waals surface area contributed by atoms with Gasteiger partial charge in [0.15, 0.2) is 0 Å². The lowest BCUT2D eigenvalue weighted by atomic mass is 10.0. The Morgan fingerprint density at radius 3 is 1.03 bits per heavy atom. The summed E-state index contributed by atoms with van der Waals surface area (Å²) in [5, 5.41) is 6.59. The van der Waals surface area contributed by atoms with Gasteiger partial charge in [-0.05, 0) is 36.4 Å². The Morgan fingerprint density at radius 1 is 0.444 bits per heavy atom. The Hall–Kier alpha value is -1.60. The van der Waals surface area contributed by atoms with Crippen LogP contribution >= 0.6 is 92.8 Å². The van der Waals surface area contributed by atoms with Gasteiger partial charge in [-0.1, -0.05) is 105 Å². The summed E-state index contributed by atoms with van der Waals surface area (Å²) in [5.41, 5.74) is 14.9. The first-order chi connectivity index (χ1) is 17.0. The molecule has 4 aromatic rings. The maximum atomic E-state index is 6.67. The Bertz CT molecular complexity index is 1340. The zero-order valence-corrected chi connectivity index (χ0v) is 23.8. The monoisotopic (exact) mass is 638 g/mol. The summed E-state index contributed by atoms with van der Waals surface area (Å²) in [6.45, 7) is 0. The number of benzene rings is 4. The van der Waals surface area contributed by atoms with Gasteiger partial charge in [0.25, 0.3) is 0 Å². The van der Waals surface area contributed by atoms with E-state index >= 15 is 0 Å². The Balaban J connectivity index is 1.87. The van der Waals surface area contributed by atoms with E-state index in [2.05, 4.69) is 10.6 Å². The lowest BCUT2D eigenvalue weighted by Crippen LogP contribution is -1.99. The number of nitrogens with two attached hydrogens (primary N) is 2. The molecule has 0 heterocycles. The highest BCUT2D eigenvalue weighted by Gasteiger charge is 2.29. The molecule has 6 N–H and O–H groups in total. The fourth-order valence-electron chi connectivity index (χ4n) is 3.44. The van der Waals surface area contributed by atoms with Gasteiger partial charge < -0.3 is 22.1 Å². The van der Waals surface area contributed by atoms with Crippen molar-refractivity contribution >= 4 is 127 Å². The van der Waals surface area contributed by atoms with Crippen LogP contribution in [-0.4, -0.2) is 0 Å². The number of nitrogens with one attached hydrogen (secondary N) is 2. The minimum atomic E-state index is 0.0324. The molecule has 0 aromatic heterocycles. The van der Waals surface area contributed by atoms with Crippen LogP contribution in [0.5, 0.6) is 0 Å². The Labute approximate surface area is 247 Å². The van der Waals surface area contributed by atoms with Crippen LogP contribution in [0.4, 0.5) is 34.1 Å². The molecule has 0 spiro atoms. The molecule has 0 saturated heterocycles. The first-order valence-corrected chi connectivity index (χ1v) is 13.0. The van der Waals surface area contributed by atoms with E-state index in [0.29, 0.717) is 22.7 Å². The number of nitrogen functional groups attached to an aromatic ring is 2. The zero-order chi connectivity index (χ0) is 26.3. The number of hydrogen-bond acceptors (Lipinski definition) is 4. The van der Waals surface area contributed by atoms with E-state index in [1.54, 1.807) is 48.5 Å². The number of rotatable bonds is 5. The van der Waals surface area contributed by atoms with Crippen molar-refractivity contribution in [1.29, 1.82) is 0 Å². The number of anilines is 6. The van der Waals surface area contributed by atoms with Gasteiger partial charge in [0, 0.05) is 33.9 Å². The maximum absolute atomic E-state index is 6.67. The molecule has 0 bridgehead atoms. The predicted molar refractivity (Wildman–Crippen MR) is 160 cm³/mol. The van der Waals surface area contributed by atoms with E-state index in [4.69, 9.17) is 104 Å². The zero-order valence-electron chi connectivity index (χ0n) is 17.8. The van der Waals surface area contributed by atoms with Crippen LogP contribution in [0, 0.1) is 0 Å². The molecule has 186 valence electrons. The van der Waals surface area contributed by atoms with Crippen molar-refractivity contribution in [2.45, 2.75) is 0 Å². The molecule has 0 amide bonds. The van der Waals surface area contributed by atoms with Gasteiger partial charge in [-0.15, -0.1) is 0 Å². The summed E-state index contributed by atoms with van der Waals surface area (Å²) in [7, 11) is 0. The average Bonchev–Trinajstić information content (AvgIpc) is 2.84. The van der Waals surface area contributed by atoms with Crippen LogP contribution in [0.2, 0.25) is 40.2 Å². The summed E-state index contributed by atoms with van der Waals surface area (Å²) in [5.74, 6) is 0. The molecule has 36 heavy (non-hydrogen) atoms. The maximum Gasteiger partial charge on any atom is 0.0849 e. The first-order valence-electron chi connectivity index (χ1n) is 9.98. The lowest BCUT2D eigenvalue weighted by molar-refractivity contribution is 1.52. The first kappa shape index (κ1) is 27.4. The third-order valence-electron chi connectivity index (χ3n) is 5.09. The largest absolute Gasteiger partial charge is 0.399 e. The third-order valence-corrected chi connectivity index (χ3v) is 8.50. The standard InChI is InChI=1S/C24H14Cl8N4/c25-15-13(16(26)20(30)23(19(15)29)35-11-5-1-3-9(33)7-11)14-17(27)21(31)24(22(32)18(14)28)36-12-6-2-4-10(34)8-12/h1-8,35-36H,33-34H2. The molecular formula is C24H14Cl8N4. The molecule has 0 aliphatic heterocycles. The second kappa shape index (κ2) is 11.0. The van der Waals surface area contributed by atoms with Gasteiger partial charge in [0.2, 0.25) is 0 Å². The van der Waals surface area contributed by atoms with Gasteiger partial charge >= 0.3 is 0 Å². The smallest absolute Gasteiger partial charge is 0.0849 e. The van der Waals surface area contributed by atoms with E-state index < -0.39 is 0 Å². The van der Waals surface area contributed by atoms with Gasteiger partial charge in [-0.2, -0.15) is 0 Å². The van der Waals surface area contributed by atoms with E-state index in [-0.39, 0.29) is 62.7 Å². The van der Waals surface area contributed by atoms with E-state index in [0.717, 1.165) is 0 Å². The van der Waals surface area contributed by atoms with Crippen molar-refractivity contribution in [2.24, 2.45) is 0 Å². The highest BCUT2D eigenvalue weighted by Crippen LogP contribution is 2.56. The van der Waals surface area contributed by atoms with Crippen molar-refractivity contribution in [3.05, 3.63) is 88.7 Å². The van der Waals surface area contributed by atoms with Crippen molar-refractivity contribution in [3.8, 4) is 11.1 Å². The normalized spacial score (nSPS) is 11.0. The van der Waals surface area contributed by atoms with E-state index in [1.807, 2.05) is 0 Å². The highest BCUT2D eigenvalue weighted by molar-refractivity contribution is 6.56. The summed E-state index contributed by atoms with van der Waals surface area (Å²) >= 11 is 53.1. The minimum absolute atomic E-state index is 0.0324. The topological polar surface area (TPSA) is 76.1 Å². The molecule has 0 radical (unpaired) electrons. The fraction of sp³-hybridized carbons (Fsp3) is 0. The molecule has 4 aromatic carbocycles. The fourth-order valence-corrected chi connectivity index (χ4v) is 5.72. The minimum Gasteiger partial charge on any atom is -0.399 e. The van der Waals surface area contributed by atoms with Crippen LogP contribution < -0.4 is 22.1 Å². The quantitative estimate of drug-likeness (QED) is 0.129. The summed E-state index contributed by atoms with van der Waals surface area (Å²) in [6, 6.07) is 13.9. The molecule has 0 aliphatic rings. The average molecular weight is 642 g/mol. The lowest BCUT2D eigenvalue weighted by Gasteiger charge is -2.21. The Kier molecular flexibility index (Phi) is 8.40. The molecule has 12 heteroatoms. The summed E-state index contributed by atoms with van der Waals surface area (Å²) in [4.78, 5) is 0. The highest BCUT2D eigenvalue weighted by atomic mass is 35.5. The second-order valence-electron chi connectivity index (χ2n) is 7.51. The van der Waals surface area contributed by atoms with Crippen LogP contribution in [0.15, 0.2) is 48.5 Å². The van der Waals surface area contributed by atoms with Crippen molar-refractivity contribution < 1.29 is 0 Å². The van der Waals surface area contributed by atoms with Gasteiger partial charge in [-0.25, -0.2) is 0 Å². The SMILES string of the molecule is Nc1cccc(Nc2c(Cl)c(Cl)c(-c3c(Cl)c(Cl)c(Nc4cccc(N)c4)c(Cl)c3Cl)c(Cl)c2Cl)c1. The third kappa shape index (κ3) is 5.20. The predicted octanol–water partition coefficient (Wildman–Crippen LogP) is 11.2. The van der Waals surface area contributed by atoms with Crippen LogP contribution in [-0.2, 0) is 0 Å². The molecular weight excluding hydrogens is 628 g/mol. The number of halogens is 8. The van der Waals surface area contributed by atoms with E-state index in [1.165, 1.54) is 0 Å². The second-order valence-corrected chi connectivity index (χ2v) is 10.5. The molecule has 0 fully saturated rings. The Morgan fingerprint density at radius 2 is 0.750 bits per heavy atom. The molecule has 4 nitrogen and oxygen atoms in total. The molecule has 0 unspecified atom stereocenters. The molecule has 0 atom stereocenters. The van der Waals surface area contributed by atoms with Crippen molar-refractivity contribution in [3.63, 3.8) is 0 Å². The molecule has 0 aliphatic carbocycles. The van der Waals surface area contributed by atoms with Crippen molar-refractivity contribution in [1.82, 2.24) is 0 Å². The van der Waals surface area contributed by atoms with E-state index in [9.17, 15) is 0 Å². The summed E-state index contributed by atoms with van der Waals surface area (Å²) < 4.78 is 0. The van der Waals surface area contributed by atoms with Gasteiger partial charge in [0.1, 0.15) is 0 Å². The van der Waals surface area contributed by atoms with Gasteiger partial charge in [-0.3, -0.25) is 0 Å². The van der Waals surface area contributed by atoms with Crippen LogP contribution in [0.3, 0.4) is 0 Å². The van der Waals surface area contributed by atoms with Crippen LogP contribution in [0.1, 0.15) is 0 Å². The molecule has 4 rings (SSSR count). The van der Waals surface area contributed by atoms with Gasteiger partial charge in [0.05, 0.1) is 51.6 Å². The molecule has 0 saturated carbocycles. The van der Waals surface area contributed by atoms with Crippen molar-refractivity contribution in [2.75, 3.05) is 22.1 Å². The number of hydrogen-bond donors (Lipinski definition) is 4.